The molecule has 0 unspecified atom stereocenters. The van der Waals surface area contributed by atoms with E-state index in [0.29, 0.717) is 18.2 Å². The van der Waals surface area contributed by atoms with Crippen molar-refractivity contribution < 1.29 is 4.39 Å². The fraction of sp³-hybridized carbons (Fsp3) is 0.462. The first-order valence-corrected chi connectivity index (χ1v) is 5.75. The first-order chi connectivity index (χ1) is 7.93. The molecule has 0 aliphatic carbocycles. The first kappa shape index (κ1) is 13.6. The molecule has 1 aromatic carbocycles. The molecule has 0 amide bonds. The van der Waals surface area contributed by atoms with Gasteiger partial charge in [0.1, 0.15) is 5.82 Å². The lowest BCUT2D eigenvalue weighted by Crippen LogP contribution is -2.28. The van der Waals surface area contributed by atoms with Gasteiger partial charge in [-0.2, -0.15) is 0 Å². The van der Waals surface area contributed by atoms with Gasteiger partial charge in [0.05, 0.1) is 5.56 Å². The Balaban J connectivity index is 2.71. The van der Waals surface area contributed by atoms with Gasteiger partial charge in [0.2, 0.25) is 0 Å². The van der Waals surface area contributed by atoms with E-state index in [1.54, 1.807) is 12.1 Å². The second kappa shape index (κ2) is 5.77. The van der Waals surface area contributed by atoms with Crippen molar-refractivity contribution in [2.75, 3.05) is 19.3 Å². The summed E-state index contributed by atoms with van der Waals surface area (Å²) in [6, 6.07) is 4.94. The van der Waals surface area contributed by atoms with Gasteiger partial charge in [0.15, 0.2) is 0 Å². The van der Waals surface area contributed by atoms with Crippen LogP contribution in [0.1, 0.15) is 25.8 Å². The number of hydrogen-bond acceptors (Lipinski definition) is 3. The summed E-state index contributed by atoms with van der Waals surface area (Å²) in [6.45, 7) is 4.90. The molecule has 3 nitrogen and oxygen atoms in total. The number of hydrogen-bond donors (Lipinski definition) is 2. The molecule has 0 heterocycles. The second-order valence-corrected chi connectivity index (χ2v) is 4.51. The Morgan fingerprint density at radius 1 is 1.47 bits per heavy atom. The van der Waals surface area contributed by atoms with Crippen molar-refractivity contribution in [2.45, 2.75) is 26.3 Å². The van der Waals surface area contributed by atoms with E-state index in [0.717, 1.165) is 6.54 Å². The van der Waals surface area contributed by atoms with E-state index in [1.165, 1.54) is 6.07 Å². The van der Waals surface area contributed by atoms with Crippen LogP contribution in [0.4, 0.5) is 10.1 Å². The highest BCUT2D eigenvalue weighted by molar-refractivity contribution is 6.02. The molecular weight excluding hydrogens is 217 g/mol. The van der Waals surface area contributed by atoms with Gasteiger partial charge < -0.3 is 16.0 Å². The lowest BCUT2D eigenvalue weighted by Gasteiger charge is -2.21. The van der Waals surface area contributed by atoms with Crippen molar-refractivity contribution in [1.82, 2.24) is 4.90 Å². The van der Waals surface area contributed by atoms with E-state index in [1.807, 2.05) is 7.05 Å². The Kier molecular flexibility index (Phi) is 4.63. The van der Waals surface area contributed by atoms with Crippen molar-refractivity contribution in [3.63, 3.8) is 0 Å². The highest BCUT2D eigenvalue weighted by Crippen LogP contribution is 2.17. The molecular formula is C13H20FN3. The summed E-state index contributed by atoms with van der Waals surface area (Å²) in [5, 5.41) is 7.90. The minimum Gasteiger partial charge on any atom is -0.398 e. The van der Waals surface area contributed by atoms with Gasteiger partial charge in [-0.3, -0.25) is 0 Å². The Morgan fingerprint density at radius 2 is 2.12 bits per heavy atom. The summed E-state index contributed by atoms with van der Waals surface area (Å²) in [6.07, 6.45) is 0.500. The van der Waals surface area contributed by atoms with Gasteiger partial charge in [-0.1, -0.05) is 6.07 Å². The Morgan fingerprint density at radius 3 is 2.65 bits per heavy atom. The van der Waals surface area contributed by atoms with Gasteiger partial charge >= 0.3 is 0 Å². The molecule has 0 fully saturated rings. The Labute approximate surface area is 102 Å². The summed E-state index contributed by atoms with van der Waals surface area (Å²) >= 11 is 0. The van der Waals surface area contributed by atoms with Crippen LogP contribution >= 0.6 is 0 Å². The summed E-state index contributed by atoms with van der Waals surface area (Å²) in [5.74, 6) is -0.415. The van der Waals surface area contributed by atoms with Crippen LogP contribution in [0.15, 0.2) is 18.2 Å². The molecule has 4 heteroatoms. The van der Waals surface area contributed by atoms with Crippen LogP contribution in [0.2, 0.25) is 0 Å². The zero-order valence-electron chi connectivity index (χ0n) is 10.6. The van der Waals surface area contributed by atoms with E-state index in [-0.39, 0.29) is 11.3 Å². The maximum absolute atomic E-state index is 13.5. The zero-order valence-corrected chi connectivity index (χ0v) is 10.6. The van der Waals surface area contributed by atoms with Crippen LogP contribution in [0, 0.1) is 11.2 Å². The third-order valence-electron chi connectivity index (χ3n) is 2.94. The minimum atomic E-state index is -0.415. The van der Waals surface area contributed by atoms with E-state index in [9.17, 15) is 4.39 Å². The normalized spacial score (nSPS) is 11.2. The molecule has 3 N–H and O–H groups in total. The molecule has 0 saturated carbocycles. The molecule has 0 aromatic heterocycles. The number of halogens is 1. The number of nitrogens with two attached hydrogens (primary N) is 1. The number of nitrogens with zero attached hydrogens (tertiary/aromatic N) is 1. The molecule has 0 bridgehead atoms. The number of nitrogens with one attached hydrogen (secondary N) is 1. The van der Waals surface area contributed by atoms with Gasteiger partial charge in [-0.05, 0) is 33.0 Å². The molecule has 0 saturated heterocycles. The SMILES string of the molecule is CC(C)N(C)CCC(=N)c1c(N)cccc1F. The average molecular weight is 237 g/mol. The van der Waals surface area contributed by atoms with Crippen LogP contribution in [0.25, 0.3) is 0 Å². The number of nitrogen functional groups attached to an aromatic ring is 1. The van der Waals surface area contributed by atoms with Crippen LogP contribution < -0.4 is 5.73 Å². The predicted octanol–water partition coefficient (Wildman–Crippen LogP) is 2.51. The van der Waals surface area contributed by atoms with Gasteiger partial charge in [0.25, 0.3) is 0 Å². The third kappa shape index (κ3) is 3.53. The second-order valence-electron chi connectivity index (χ2n) is 4.51. The molecule has 0 aliphatic rings. The van der Waals surface area contributed by atoms with Crippen LogP contribution in [-0.4, -0.2) is 30.2 Å². The standard InChI is InChI=1S/C13H20FN3/c1-9(2)17(3)8-7-12(16)13-10(14)5-4-6-11(13)15/h4-6,9,16H,7-8,15H2,1-3H3. The first-order valence-electron chi connectivity index (χ1n) is 5.75. The van der Waals surface area contributed by atoms with Crippen LogP contribution in [-0.2, 0) is 0 Å². The summed E-state index contributed by atoms with van der Waals surface area (Å²) in [4.78, 5) is 2.12. The number of rotatable bonds is 5. The maximum Gasteiger partial charge on any atom is 0.134 e. The van der Waals surface area contributed by atoms with Gasteiger partial charge in [-0.15, -0.1) is 0 Å². The van der Waals surface area contributed by atoms with Crippen LogP contribution in [0.3, 0.4) is 0 Å². The van der Waals surface area contributed by atoms with E-state index in [2.05, 4.69) is 18.7 Å². The van der Waals surface area contributed by atoms with Gasteiger partial charge in [0, 0.05) is 30.4 Å². The quantitative estimate of drug-likeness (QED) is 0.610. The van der Waals surface area contributed by atoms with E-state index >= 15 is 0 Å². The lowest BCUT2D eigenvalue weighted by atomic mass is 10.0. The van der Waals surface area contributed by atoms with Gasteiger partial charge in [-0.25, -0.2) is 4.39 Å². The zero-order chi connectivity index (χ0) is 13.0. The fourth-order valence-electron chi connectivity index (χ4n) is 1.53. The minimum absolute atomic E-state index is 0.240. The fourth-order valence-corrected chi connectivity index (χ4v) is 1.53. The Hall–Kier alpha value is -1.42. The largest absolute Gasteiger partial charge is 0.398 e. The predicted molar refractivity (Wildman–Crippen MR) is 70.0 cm³/mol. The van der Waals surface area contributed by atoms with Crippen molar-refractivity contribution in [3.8, 4) is 0 Å². The van der Waals surface area contributed by atoms with E-state index in [4.69, 9.17) is 11.1 Å². The highest BCUT2D eigenvalue weighted by Gasteiger charge is 2.12. The molecule has 94 valence electrons. The summed E-state index contributed by atoms with van der Waals surface area (Å²) in [5.41, 5.74) is 6.53. The van der Waals surface area contributed by atoms with E-state index < -0.39 is 5.82 Å². The number of benzene rings is 1. The average Bonchev–Trinajstić information content (AvgIpc) is 2.25. The molecule has 17 heavy (non-hydrogen) atoms. The summed E-state index contributed by atoms with van der Waals surface area (Å²) in [7, 11) is 1.99. The van der Waals surface area contributed by atoms with Crippen molar-refractivity contribution >= 4 is 11.4 Å². The van der Waals surface area contributed by atoms with Crippen molar-refractivity contribution in [3.05, 3.63) is 29.6 Å². The summed E-state index contributed by atoms with van der Waals surface area (Å²) < 4.78 is 13.5. The molecule has 1 rings (SSSR count). The van der Waals surface area contributed by atoms with Crippen molar-refractivity contribution in [2.24, 2.45) is 0 Å². The highest BCUT2D eigenvalue weighted by atomic mass is 19.1. The lowest BCUT2D eigenvalue weighted by molar-refractivity contribution is 0.282. The Bertz CT molecular complexity index is 381. The maximum atomic E-state index is 13.5. The molecule has 0 radical (unpaired) electrons. The van der Waals surface area contributed by atoms with Crippen molar-refractivity contribution in [1.29, 1.82) is 5.41 Å². The third-order valence-corrected chi connectivity index (χ3v) is 2.94. The molecule has 0 aliphatic heterocycles. The molecule has 0 atom stereocenters. The monoisotopic (exact) mass is 237 g/mol. The molecule has 0 spiro atoms. The molecule has 1 aromatic rings. The smallest absolute Gasteiger partial charge is 0.134 e. The number of anilines is 1. The van der Waals surface area contributed by atoms with Crippen LogP contribution in [0.5, 0.6) is 0 Å². The topological polar surface area (TPSA) is 53.1 Å².